The van der Waals surface area contributed by atoms with E-state index in [1.165, 1.54) is 0 Å². The first kappa shape index (κ1) is 14.8. The molecule has 1 N–H and O–H groups in total. The van der Waals surface area contributed by atoms with Gasteiger partial charge in [-0.2, -0.15) is 4.98 Å². The molecule has 1 rings (SSSR count). The zero-order valence-electron chi connectivity index (χ0n) is 11.9. The minimum atomic E-state index is 0.649. The zero-order chi connectivity index (χ0) is 13.4. The second-order valence-corrected chi connectivity index (χ2v) is 4.79. The van der Waals surface area contributed by atoms with Crippen LogP contribution >= 0.6 is 0 Å². The van der Waals surface area contributed by atoms with Crippen LogP contribution in [0.2, 0.25) is 0 Å². The molecule has 0 radical (unpaired) electrons. The summed E-state index contributed by atoms with van der Waals surface area (Å²) in [7, 11) is 2.05. The number of likely N-dealkylation sites (N-methyl/N-ethyl adjacent to an activating group) is 1. The van der Waals surface area contributed by atoms with Crippen molar-refractivity contribution in [3.63, 3.8) is 0 Å². The first-order valence-electron chi connectivity index (χ1n) is 6.65. The van der Waals surface area contributed by atoms with E-state index >= 15 is 0 Å². The van der Waals surface area contributed by atoms with Gasteiger partial charge in [0.1, 0.15) is 5.82 Å². The fourth-order valence-electron chi connectivity index (χ4n) is 1.60. The smallest absolute Gasteiger partial charge is 0.215 e. The Kier molecular flexibility index (Phi) is 6.50. The second-order valence-electron chi connectivity index (χ2n) is 4.79. The molecule has 0 fully saturated rings. The van der Waals surface area contributed by atoms with Gasteiger partial charge in [0, 0.05) is 26.2 Å². The Morgan fingerprint density at radius 3 is 2.83 bits per heavy atom. The molecule has 0 bridgehead atoms. The van der Waals surface area contributed by atoms with Crippen LogP contribution in [0, 0.1) is 5.92 Å². The standard InChI is InChI=1S/C14H25N3O/c1-5-18-14-8-6-7-13(16-14)17(4)10-9-15-11-12(2)3/h6-8,12,15H,5,9-11H2,1-4H3. The van der Waals surface area contributed by atoms with Gasteiger partial charge in [-0.25, -0.2) is 0 Å². The van der Waals surface area contributed by atoms with Crippen LogP contribution in [0.4, 0.5) is 5.82 Å². The molecule has 0 aliphatic carbocycles. The van der Waals surface area contributed by atoms with E-state index in [9.17, 15) is 0 Å². The van der Waals surface area contributed by atoms with E-state index in [4.69, 9.17) is 4.74 Å². The van der Waals surface area contributed by atoms with Gasteiger partial charge in [-0.15, -0.1) is 0 Å². The topological polar surface area (TPSA) is 37.4 Å². The third-order valence-electron chi connectivity index (χ3n) is 2.57. The third-order valence-corrected chi connectivity index (χ3v) is 2.57. The Morgan fingerprint density at radius 1 is 1.39 bits per heavy atom. The van der Waals surface area contributed by atoms with Gasteiger partial charge in [0.15, 0.2) is 0 Å². The van der Waals surface area contributed by atoms with Crippen LogP contribution in [-0.2, 0) is 0 Å². The molecule has 1 aromatic rings. The van der Waals surface area contributed by atoms with E-state index in [1.807, 2.05) is 25.1 Å². The Hall–Kier alpha value is -1.29. The summed E-state index contributed by atoms with van der Waals surface area (Å²) >= 11 is 0. The van der Waals surface area contributed by atoms with Crippen molar-refractivity contribution < 1.29 is 4.74 Å². The molecule has 4 nitrogen and oxygen atoms in total. The lowest BCUT2D eigenvalue weighted by atomic mass is 10.2. The van der Waals surface area contributed by atoms with Gasteiger partial charge in [0.25, 0.3) is 0 Å². The molecular formula is C14H25N3O. The highest BCUT2D eigenvalue weighted by Gasteiger charge is 2.03. The monoisotopic (exact) mass is 251 g/mol. The highest BCUT2D eigenvalue weighted by atomic mass is 16.5. The largest absolute Gasteiger partial charge is 0.478 e. The Balaban J connectivity index is 2.40. The number of nitrogens with zero attached hydrogens (tertiary/aromatic N) is 2. The van der Waals surface area contributed by atoms with E-state index in [-0.39, 0.29) is 0 Å². The number of pyridine rings is 1. The van der Waals surface area contributed by atoms with E-state index in [2.05, 4.69) is 36.1 Å². The van der Waals surface area contributed by atoms with Gasteiger partial charge >= 0.3 is 0 Å². The lowest BCUT2D eigenvalue weighted by molar-refractivity contribution is 0.327. The molecule has 1 heterocycles. The number of hydrogen-bond acceptors (Lipinski definition) is 4. The van der Waals surface area contributed by atoms with E-state index in [1.54, 1.807) is 0 Å². The minimum absolute atomic E-state index is 0.649. The maximum atomic E-state index is 5.40. The van der Waals surface area contributed by atoms with Crippen LogP contribution in [-0.4, -0.2) is 38.3 Å². The van der Waals surface area contributed by atoms with E-state index < -0.39 is 0 Å². The predicted octanol–water partition coefficient (Wildman–Crippen LogP) is 2.16. The molecule has 0 unspecified atom stereocenters. The van der Waals surface area contributed by atoms with Gasteiger partial charge in [-0.3, -0.25) is 0 Å². The van der Waals surface area contributed by atoms with Crippen molar-refractivity contribution in [3.05, 3.63) is 18.2 Å². The van der Waals surface area contributed by atoms with E-state index in [0.29, 0.717) is 18.4 Å². The highest BCUT2D eigenvalue weighted by molar-refractivity contribution is 5.39. The van der Waals surface area contributed by atoms with Gasteiger partial charge in [0.2, 0.25) is 5.88 Å². The van der Waals surface area contributed by atoms with Gasteiger partial charge in [-0.05, 0) is 25.5 Å². The molecule has 0 amide bonds. The number of nitrogens with one attached hydrogen (secondary N) is 1. The first-order valence-corrected chi connectivity index (χ1v) is 6.65. The average Bonchev–Trinajstić information content (AvgIpc) is 2.35. The zero-order valence-corrected chi connectivity index (χ0v) is 11.9. The van der Waals surface area contributed by atoms with Crippen LogP contribution in [0.5, 0.6) is 5.88 Å². The maximum absolute atomic E-state index is 5.40. The van der Waals surface area contributed by atoms with Crippen LogP contribution in [0.25, 0.3) is 0 Å². The molecule has 0 atom stereocenters. The normalized spacial score (nSPS) is 10.7. The molecule has 0 aromatic carbocycles. The van der Waals surface area contributed by atoms with Gasteiger partial charge in [0.05, 0.1) is 6.61 Å². The van der Waals surface area contributed by atoms with Crippen LogP contribution in [0.3, 0.4) is 0 Å². The molecule has 1 aromatic heterocycles. The molecular weight excluding hydrogens is 226 g/mol. The fourth-order valence-corrected chi connectivity index (χ4v) is 1.60. The quantitative estimate of drug-likeness (QED) is 0.718. The van der Waals surface area contributed by atoms with Crippen molar-refractivity contribution >= 4 is 5.82 Å². The second kappa shape index (κ2) is 7.93. The summed E-state index contributed by atoms with van der Waals surface area (Å²) in [6.07, 6.45) is 0. The summed E-state index contributed by atoms with van der Waals surface area (Å²) in [6.45, 7) is 10.0. The van der Waals surface area contributed by atoms with Gasteiger partial charge < -0.3 is 15.0 Å². The molecule has 0 aliphatic rings. The van der Waals surface area contributed by atoms with Crippen LogP contribution < -0.4 is 15.0 Å². The van der Waals surface area contributed by atoms with Crippen molar-refractivity contribution in [2.24, 2.45) is 5.92 Å². The van der Waals surface area contributed by atoms with Crippen molar-refractivity contribution in [2.75, 3.05) is 38.2 Å². The lowest BCUT2D eigenvalue weighted by Gasteiger charge is -2.19. The predicted molar refractivity (Wildman–Crippen MR) is 76.4 cm³/mol. The van der Waals surface area contributed by atoms with Gasteiger partial charge in [-0.1, -0.05) is 19.9 Å². The molecule has 0 saturated heterocycles. The molecule has 0 spiro atoms. The summed E-state index contributed by atoms with van der Waals surface area (Å²) in [5.41, 5.74) is 0. The molecule has 18 heavy (non-hydrogen) atoms. The highest BCUT2D eigenvalue weighted by Crippen LogP contribution is 2.14. The van der Waals surface area contributed by atoms with E-state index in [0.717, 1.165) is 25.5 Å². The molecule has 102 valence electrons. The van der Waals surface area contributed by atoms with Crippen LogP contribution in [0.15, 0.2) is 18.2 Å². The molecule has 0 saturated carbocycles. The maximum Gasteiger partial charge on any atom is 0.215 e. The van der Waals surface area contributed by atoms with Crippen molar-refractivity contribution in [3.8, 4) is 5.88 Å². The Bertz CT molecular complexity index is 342. The Morgan fingerprint density at radius 2 is 2.17 bits per heavy atom. The van der Waals surface area contributed by atoms with Crippen LogP contribution in [0.1, 0.15) is 20.8 Å². The number of ether oxygens (including phenoxy) is 1. The summed E-state index contributed by atoms with van der Waals surface area (Å²) in [5, 5.41) is 3.42. The van der Waals surface area contributed by atoms with Crippen molar-refractivity contribution in [1.29, 1.82) is 0 Å². The minimum Gasteiger partial charge on any atom is -0.478 e. The lowest BCUT2D eigenvalue weighted by Crippen LogP contribution is -2.31. The molecule has 4 heteroatoms. The number of anilines is 1. The number of hydrogen-bond donors (Lipinski definition) is 1. The average molecular weight is 251 g/mol. The third kappa shape index (κ3) is 5.36. The van der Waals surface area contributed by atoms with Crippen molar-refractivity contribution in [2.45, 2.75) is 20.8 Å². The summed E-state index contributed by atoms with van der Waals surface area (Å²) in [4.78, 5) is 6.59. The number of aromatic nitrogens is 1. The SMILES string of the molecule is CCOc1cccc(N(C)CCNCC(C)C)n1. The fraction of sp³-hybridized carbons (Fsp3) is 0.643. The van der Waals surface area contributed by atoms with Crippen molar-refractivity contribution in [1.82, 2.24) is 10.3 Å². The summed E-state index contributed by atoms with van der Waals surface area (Å²) in [6, 6.07) is 5.87. The summed E-state index contributed by atoms with van der Waals surface area (Å²) < 4.78 is 5.40. The Labute approximate surface area is 110 Å². The number of rotatable bonds is 8. The first-order chi connectivity index (χ1) is 8.63. The summed E-state index contributed by atoms with van der Waals surface area (Å²) in [5.74, 6) is 2.33. The molecule has 0 aliphatic heterocycles.